The number of carbonyl (C=O) groups is 1. The van der Waals surface area contributed by atoms with Crippen LogP contribution in [0.1, 0.15) is 39.0 Å². The Hall–Kier alpha value is -0.710. The van der Waals surface area contributed by atoms with Crippen LogP contribution in [0.4, 0.5) is 5.69 Å². The Bertz CT molecular complexity index is 447. The molecule has 0 aromatic heterocycles. The van der Waals surface area contributed by atoms with Crippen molar-refractivity contribution in [1.82, 2.24) is 0 Å². The Morgan fingerprint density at radius 1 is 1.35 bits per heavy atom. The van der Waals surface area contributed by atoms with Crippen LogP contribution in [0.5, 0.6) is 0 Å². The minimum atomic E-state index is -0.674. The highest BCUT2D eigenvalue weighted by Crippen LogP contribution is 2.28. The van der Waals surface area contributed by atoms with Crippen LogP contribution in [0.15, 0.2) is 29.2 Å². The molecule has 0 heterocycles. The second-order valence-electron chi connectivity index (χ2n) is 5.13. The first-order chi connectivity index (χ1) is 9.14. The first-order valence-corrected chi connectivity index (χ1v) is 7.96. The molecule has 5 heteroatoms. The topological polar surface area (TPSA) is 55.1 Å². The number of nitrogens with two attached hydrogens (primary N) is 1. The molecular formula is C15H23ClN2OS. The summed E-state index contributed by atoms with van der Waals surface area (Å²) in [4.78, 5) is 13.5. The molecule has 0 saturated heterocycles. The minimum Gasteiger partial charge on any atom is -0.324 e. The summed E-state index contributed by atoms with van der Waals surface area (Å²) in [6.07, 6.45) is 4.88. The second-order valence-corrected chi connectivity index (χ2v) is 6.47. The highest BCUT2D eigenvalue weighted by atomic mass is 35.5. The van der Waals surface area contributed by atoms with Gasteiger partial charge in [-0.05, 0) is 36.8 Å². The van der Waals surface area contributed by atoms with Gasteiger partial charge in [0.2, 0.25) is 5.91 Å². The van der Waals surface area contributed by atoms with Gasteiger partial charge in [-0.3, -0.25) is 4.79 Å². The number of halogens is 1. The van der Waals surface area contributed by atoms with Gasteiger partial charge < -0.3 is 11.1 Å². The number of rotatable bonds is 4. The van der Waals surface area contributed by atoms with Crippen molar-refractivity contribution in [1.29, 1.82) is 0 Å². The second kappa shape index (κ2) is 7.91. The van der Waals surface area contributed by atoms with Crippen LogP contribution in [0.25, 0.3) is 0 Å². The number of amides is 1. The van der Waals surface area contributed by atoms with E-state index in [2.05, 4.69) is 18.3 Å². The number of carbonyl (C=O) groups excluding carboxylic acids is 1. The summed E-state index contributed by atoms with van der Waals surface area (Å²) in [5.74, 6) is 0.990. The molecule has 112 valence electrons. The molecule has 1 aliphatic rings. The van der Waals surface area contributed by atoms with Crippen LogP contribution in [0.2, 0.25) is 0 Å². The van der Waals surface area contributed by atoms with Gasteiger partial charge in [-0.15, -0.1) is 24.2 Å². The highest BCUT2D eigenvalue weighted by molar-refractivity contribution is 7.99. The number of nitrogens with one attached hydrogen (secondary N) is 1. The van der Waals surface area contributed by atoms with Gasteiger partial charge in [-0.2, -0.15) is 0 Å². The third kappa shape index (κ3) is 4.40. The molecule has 0 bridgehead atoms. The lowest BCUT2D eigenvalue weighted by atomic mass is 9.82. The summed E-state index contributed by atoms with van der Waals surface area (Å²) >= 11 is 1.77. The van der Waals surface area contributed by atoms with E-state index in [0.717, 1.165) is 37.1 Å². The maximum absolute atomic E-state index is 12.3. The summed E-state index contributed by atoms with van der Waals surface area (Å²) in [5.41, 5.74) is 6.40. The number of hydrogen-bond acceptors (Lipinski definition) is 3. The average Bonchev–Trinajstić information content (AvgIpc) is 2.40. The first kappa shape index (κ1) is 17.3. The molecule has 1 saturated carbocycles. The van der Waals surface area contributed by atoms with Gasteiger partial charge in [-0.25, -0.2) is 0 Å². The van der Waals surface area contributed by atoms with Crippen molar-refractivity contribution in [3.05, 3.63) is 24.3 Å². The molecule has 0 aliphatic heterocycles. The maximum atomic E-state index is 12.3. The molecule has 0 atom stereocenters. The number of hydrogen-bond donors (Lipinski definition) is 2. The fourth-order valence-corrected chi connectivity index (χ4v) is 3.21. The van der Waals surface area contributed by atoms with Crippen LogP contribution in [-0.4, -0.2) is 17.2 Å². The zero-order chi connectivity index (χ0) is 13.7. The van der Waals surface area contributed by atoms with Gasteiger partial charge >= 0.3 is 0 Å². The van der Waals surface area contributed by atoms with Gasteiger partial charge in [0.05, 0.1) is 5.54 Å². The molecule has 0 spiro atoms. The molecule has 1 aromatic rings. The Labute approximate surface area is 131 Å². The molecular weight excluding hydrogens is 292 g/mol. The fourth-order valence-electron chi connectivity index (χ4n) is 2.50. The summed E-state index contributed by atoms with van der Waals surface area (Å²) in [5, 5.41) is 2.97. The number of thioether (sulfide) groups is 1. The molecule has 0 unspecified atom stereocenters. The predicted octanol–water partition coefficient (Wildman–Crippen LogP) is 3.82. The van der Waals surface area contributed by atoms with Crippen LogP contribution in [-0.2, 0) is 4.79 Å². The zero-order valence-corrected chi connectivity index (χ0v) is 13.5. The molecule has 2 rings (SSSR count). The van der Waals surface area contributed by atoms with Gasteiger partial charge in [-0.1, -0.05) is 32.3 Å². The van der Waals surface area contributed by atoms with Crippen LogP contribution in [0.3, 0.4) is 0 Å². The van der Waals surface area contributed by atoms with E-state index in [-0.39, 0.29) is 18.3 Å². The molecule has 1 aliphatic carbocycles. The number of benzene rings is 1. The normalized spacial score (nSPS) is 17.1. The fraction of sp³-hybridized carbons (Fsp3) is 0.533. The third-order valence-electron chi connectivity index (χ3n) is 3.60. The SMILES string of the molecule is CCSc1cccc(NC(=O)C2(N)CCCCC2)c1.Cl. The van der Waals surface area contributed by atoms with Gasteiger partial charge in [0, 0.05) is 10.6 Å². The monoisotopic (exact) mass is 314 g/mol. The zero-order valence-electron chi connectivity index (χ0n) is 11.9. The van der Waals surface area contributed by atoms with E-state index in [1.807, 2.05) is 18.2 Å². The molecule has 1 amide bonds. The van der Waals surface area contributed by atoms with Gasteiger partial charge in [0.25, 0.3) is 0 Å². The van der Waals surface area contributed by atoms with Crippen molar-refractivity contribution in [3.63, 3.8) is 0 Å². The van der Waals surface area contributed by atoms with E-state index in [1.165, 1.54) is 11.3 Å². The summed E-state index contributed by atoms with van der Waals surface area (Å²) in [7, 11) is 0. The minimum absolute atomic E-state index is 0. The Balaban J connectivity index is 0.00000200. The standard InChI is InChI=1S/C15H22N2OS.ClH/c1-2-19-13-8-6-7-12(11-13)17-14(18)15(16)9-4-3-5-10-15;/h6-8,11H,2-5,9-10,16H2,1H3,(H,17,18);1H. The Kier molecular flexibility index (Phi) is 6.86. The molecule has 20 heavy (non-hydrogen) atoms. The smallest absolute Gasteiger partial charge is 0.244 e. The van der Waals surface area contributed by atoms with Crippen LogP contribution < -0.4 is 11.1 Å². The van der Waals surface area contributed by atoms with Crippen molar-refractivity contribution in [2.24, 2.45) is 5.73 Å². The van der Waals surface area contributed by atoms with Crippen molar-refractivity contribution in [2.45, 2.75) is 49.5 Å². The van der Waals surface area contributed by atoms with E-state index in [9.17, 15) is 4.79 Å². The van der Waals surface area contributed by atoms with E-state index >= 15 is 0 Å². The molecule has 3 N–H and O–H groups in total. The molecule has 1 aromatic carbocycles. The van der Waals surface area contributed by atoms with Crippen LogP contribution >= 0.6 is 24.2 Å². The van der Waals surface area contributed by atoms with Crippen molar-refractivity contribution in [2.75, 3.05) is 11.1 Å². The molecule has 3 nitrogen and oxygen atoms in total. The predicted molar refractivity (Wildman–Crippen MR) is 88.7 cm³/mol. The van der Waals surface area contributed by atoms with Crippen molar-refractivity contribution < 1.29 is 4.79 Å². The van der Waals surface area contributed by atoms with Crippen molar-refractivity contribution in [3.8, 4) is 0 Å². The lowest BCUT2D eigenvalue weighted by molar-refractivity contribution is -0.122. The van der Waals surface area contributed by atoms with Crippen LogP contribution in [0, 0.1) is 0 Å². The van der Waals surface area contributed by atoms with E-state index in [1.54, 1.807) is 11.8 Å². The molecule has 1 fully saturated rings. The molecule has 0 radical (unpaired) electrons. The highest BCUT2D eigenvalue weighted by Gasteiger charge is 2.35. The average molecular weight is 315 g/mol. The lowest BCUT2D eigenvalue weighted by Crippen LogP contribution is -2.52. The largest absolute Gasteiger partial charge is 0.324 e. The van der Waals surface area contributed by atoms with E-state index < -0.39 is 5.54 Å². The summed E-state index contributed by atoms with van der Waals surface area (Å²) < 4.78 is 0. The van der Waals surface area contributed by atoms with Crippen molar-refractivity contribution >= 4 is 35.8 Å². The van der Waals surface area contributed by atoms with Gasteiger partial charge in [0.15, 0.2) is 0 Å². The summed E-state index contributed by atoms with van der Waals surface area (Å²) in [6.45, 7) is 2.12. The maximum Gasteiger partial charge on any atom is 0.244 e. The van der Waals surface area contributed by atoms with E-state index in [0.29, 0.717) is 0 Å². The Morgan fingerprint density at radius 2 is 2.05 bits per heavy atom. The third-order valence-corrected chi connectivity index (χ3v) is 4.48. The lowest BCUT2D eigenvalue weighted by Gasteiger charge is -2.31. The van der Waals surface area contributed by atoms with Gasteiger partial charge in [0.1, 0.15) is 0 Å². The Morgan fingerprint density at radius 3 is 2.70 bits per heavy atom. The quantitative estimate of drug-likeness (QED) is 0.831. The number of anilines is 1. The van der Waals surface area contributed by atoms with E-state index in [4.69, 9.17) is 5.73 Å². The first-order valence-electron chi connectivity index (χ1n) is 6.97. The summed E-state index contributed by atoms with van der Waals surface area (Å²) in [6, 6.07) is 7.96.